The number of rotatable bonds is 9. The van der Waals surface area contributed by atoms with Gasteiger partial charge < -0.3 is 15.6 Å². The average molecular weight is 420 g/mol. The molecule has 0 radical (unpaired) electrons. The minimum Gasteiger partial charge on any atom is -0.507 e. The SMILES string of the molecule is C=CC(C)(C)c1cc(C=CC(=O)c2ccc(N)cc2)c(OCC)c(C(C)(C)C=C)c1O. The first-order chi connectivity index (χ1) is 14.5. The third kappa shape index (κ3) is 5.08. The van der Waals surface area contributed by atoms with E-state index in [0.717, 1.165) is 0 Å². The van der Waals surface area contributed by atoms with E-state index in [1.807, 2.05) is 40.7 Å². The van der Waals surface area contributed by atoms with Gasteiger partial charge in [-0.25, -0.2) is 0 Å². The van der Waals surface area contributed by atoms with Gasteiger partial charge in [-0.1, -0.05) is 39.8 Å². The van der Waals surface area contributed by atoms with Crippen LogP contribution >= 0.6 is 0 Å². The van der Waals surface area contributed by atoms with Crippen LogP contribution < -0.4 is 10.5 Å². The van der Waals surface area contributed by atoms with Crippen LogP contribution in [-0.2, 0) is 10.8 Å². The van der Waals surface area contributed by atoms with Crippen LogP contribution in [0.1, 0.15) is 61.7 Å². The Morgan fingerprint density at radius 1 is 1.10 bits per heavy atom. The van der Waals surface area contributed by atoms with Gasteiger partial charge in [0.1, 0.15) is 11.5 Å². The number of hydrogen-bond donors (Lipinski definition) is 2. The zero-order valence-electron chi connectivity index (χ0n) is 19.2. The summed E-state index contributed by atoms with van der Waals surface area (Å²) in [6.45, 7) is 18.1. The molecule has 0 aliphatic rings. The lowest BCUT2D eigenvalue weighted by Crippen LogP contribution is -2.20. The van der Waals surface area contributed by atoms with Crippen molar-refractivity contribution in [2.75, 3.05) is 12.3 Å². The number of ether oxygens (including phenoxy) is 1. The predicted molar refractivity (Wildman–Crippen MR) is 130 cm³/mol. The number of anilines is 1. The molecule has 0 spiro atoms. The average Bonchev–Trinajstić information content (AvgIpc) is 2.73. The van der Waals surface area contributed by atoms with Gasteiger partial charge in [-0.15, -0.1) is 13.2 Å². The van der Waals surface area contributed by atoms with Crippen LogP contribution in [0.2, 0.25) is 0 Å². The first-order valence-electron chi connectivity index (χ1n) is 10.4. The monoisotopic (exact) mass is 419 g/mol. The highest BCUT2D eigenvalue weighted by atomic mass is 16.5. The molecule has 2 aromatic rings. The number of phenolic OH excluding ortho intramolecular Hbond substituents is 1. The molecule has 2 aromatic carbocycles. The van der Waals surface area contributed by atoms with Crippen molar-refractivity contribution >= 4 is 17.5 Å². The predicted octanol–water partition coefficient (Wildman–Crippen LogP) is 6.20. The Kier molecular flexibility index (Phi) is 7.17. The summed E-state index contributed by atoms with van der Waals surface area (Å²) >= 11 is 0. The van der Waals surface area contributed by atoms with Crippen molar-refractivity contribution in [2.45, 2.75) is 45.4 Å². The van der Waals surface area contributed by atoms with Gasteiger partial charge in [0.05, 0.1) is 6.61 Å². The van der Waals surface area contributed by atoms with Crippen molar-refractivity contribution in [3.8, 4) is 11.5 Å². The number of nitrogen functional groups attached to an aromatic ring is 1. The molecule has 0 amide bonds. The van der Waals surface area contributed by atoms with Gasteiger partial charge in [0.25, 0.3) is 0 Å². The summed E-state index contributed by atoms with van der Waals surface area (Å²) in [5.41, 5.74) is 7.85. The molecule has 0 unspecified atom stereocenters. The molecule has 164 valence electrons. The van der Waals surface area contributed by atoms with Gasteiger partial charge in [0.15, 0.2) is 5.78 Å². The molecule has 31 heavy (non-hydrogen) atoms. The summed E-state index contributed by atoms with van der Waals surface area (Å²) in [5, 5.41) is 11.3. The number of aromatic hydroxyl groups is 1. The highest BCUT2D eigenvalue weighted by molar-refractivity contribution is 6.07. The van der Waals surface area contributed by atoms with Gasteiger partial charge >= 0.3 is 0 Å². The first kappa shape index (κ1) is 24.0. The number of hydrogen-bond acceptors (Lipinski definition) is 4. The van der Waals surface area contributed by atoms with Crippen LogP contribution in [0.3, 0.4) is 0 Å². The fraction of sp³-hybridized carbons (Fsp3) is 0.296. The highest BCUT2D eigenvalue weighted by Gasteiger charge is 2.32. The van der Waals surface area contributed by atoms with Crippen molar-refractivity contribution in [1.82, 2.24) is 0 Å². The zero-order chi connectivity index (χ0) is 23.4. The second-order valence-electron chi connectivity index (χ2n) is 8.67. The van der Waals surface area contributed by atoms with Crippen LogP contribution in [0.15, 0.2) is 61.7 Å². The van der Waals surface area contributed by atoms with Crippen molar-refractivity contribution in [2.24, 2.45) is 0 Å². The largest absolute Gasteiger partial charge is 0.507 e. The number of nitrogens with two attached hydrogens (primary N) is 1. The fourth-order valence-electron chi connectivity index (χ4n) is 3.31. The zero-order valence-corrected chi connectivity index (χ0v) is 19.2. The summed E-state index contributed by atoms with van der Waals surface area (Å²) < 4.78 is 5.98. The van der Waals surface area contributed by atoms with E-state index in [1.165, 1.54) is 6.08 Å². The van der Waals surface area contributed by atoms with Crippen LogP contribution in [0.25, 0.3) is 6.08 Å². The maximum Gasteiger partial charge on any atom is 0.185 e. The summed E-state index contributed by atoms with van der Waals surface area (Å²) in [6.07, 6.45) is 6.81. The molecule has 0 aromatic heterocycles. The molecule has 0 aliphatic carbocycles. The number of benzene rings is 2. The van der Waals surface area contributed by atoms with Crippen molar-refractivity contribution in [3.63, 3.8) is 0 Å². The fourth-order valence-corrected chi connectivity index (χ4v) is 3.31. The molecule has 0 heterocycles. The van der Waals surface area contributed by atoms with Gasteiger partial charge in [-0.3, -0.25) is 4.79 Å². The molecule has 2 rings (SSSR count). The first-order valence-corrected chi connectivity index (χ1v) is 10.4. The molecule has 0 saturated carbocycles. The Morgan fingerprint density at radius 3 is 2.19 bits per heavy atom. The molecular formula is C27H33NO3. The quantitative estimate of drug-likeness (QED) is 0.220. The van der Waals surface area contributed by atoms with Gasteiger partial charge in [-0.05, 0) is 49.4 Å². The van der Waals surface area contributed by atoms with Gasteiger partial charge in [0.2, 0.25) is 0 Å². The number of carbonyl (C=O) groups excluding carboxylic acids is 1. The molecular weight excluding hydrogens is 386 g/mol. The van der Waals surface area contributed by atoms with Crippen molar-refractivity contribution in [3.05, 3.63) is 84.0 Å². The van der Waals surface area contributed by atoms with E-state index in [-0.39, 0.29) is 11.5 Å². The Bertz CT molecular complexity index is 1010. The standard InChI is InChI=1S/C27H33NO3/c1-8-26(4,5)21-17-19(13-16-22(29)18-11-14-20(28)15-12-18)25(31-10-3)23(24(21)30)27(6,7)9-2/h8-9,11-17,30H,1-2,10,28H2,3-7H3. The van der Waals surface area contributed by atoms with Gasteiger partial charge in [0, 0.05) is 38.8 Å². The minimum atomic E-state index is -0.564. The van der Waals surface area contributed by atoms with E-state index >= 15 is 0 Å². The molecule has 3 N–H and O–H groups in total. The summed E-state index contributed by atoms with van der Waals surface area (Å²) in [6, 6.07) is 8.64. The van der Waals surface area contributed by atoms with E-state index < -0.39 is 10.8 Å². The molecule has 0 aliphatic heterocycles. The summed E-state index contributed by atoms with van der Waals surface area (Å²) in [7, 11) is 0. The number of allylic oxidation sites excluding steroid dienone is 3. The maximum absolute atomic E-state index is 12.7. The van der Waals surface area contributed by atoms with E-state index in [4.69, 9.17) is 10.5 Å². The molecule has 0 saturated heterocycles. The molecule has 0 bridgehead atoms. The van der Waals surface area contributed by atoms with Gasteiger partial charge in [-0.2, -0.15) is 0 Å². The number of phenols is 1. The Morgan fingerprint density at radius 2 is 1.68 bits per heavy atom. The van der Waals surface area contributed by atoms with Crippen LogP contribution in [-0.4, -0.2) is 17.5 Å². The van der Waals surface area contributed by atoms with Crippen molar-refractivity contribution < 1.29 is 14.6 Å². The Hall–Kier alpha value is -3.27. The van der Waals surface area contributed by atoms with E-state index in [9.17, 15) is 9.90 Å². The molecule has 4 nitrogen and oxygen atoms in total. The van der Waals surface area contributed by atoms with E-state index in [0.29, 0.717) is 40.3 Å². The minimum absolute atomic E-state index is 0.149. The lowest BCUT2D eigenvalue weighted by Gasteiger charge is -2.31. The van der Waals surface area contributed by atoms with Crippen LogP contribution in [0.4, 0.5) is 5.69 Å². The number of carbonyl (C=O) groups is 1. The smallest absolute Gasteiger partial charge is 0.185 e. The molecule has 4 heteroatoms. The molecule has 0 atom stereocenters. The topological polar surface area (TPSA) is 72.6 Å². The van der Waals surface area contributed by atoms with E-state index in [1.54, 1.807) is 42.5 Å². The summed E-state index contributed by atoms with van der Waals surface area (Å²) in [4.78, 5) is 12.7. The van der Waals surface area contributed by atoms with Crippen LogP contribution in [0, 0.1) is 0 Å². The highest BCUT2D eigenvalue weighted by Crippen LogP contribution is 2.47. The number of ketones is 1. The lowest BCUT2D eigenvalue weighted by atomic mass is 9.76. The van der Waals surface area contributed by atoms with E-state index in [2.05, 4.69) is 13.2 Å². The Balaban J connectivity index is 2.74. The van der Waals surface area contributed by atoms with Crippen LogP contribution in [0.5, 0.6) is 11.5 Å². The van der Waals surface area contributed by atoms with Crippen molar-refractivity contribution in [1.29, 1.82) is 0 Å². The third-order valence-corrected chi connectivity index (χ3v) is 5.54. The maximum atomic E-state index is 12.7. The second kappa shape index (κ2) is 9.25. The normalized spacial score (nSPS) is 12.0. The molecule has 0 fully saturated rings. The lowest BCUT2D eigenvalue weighted by molar-refractivity contribution is 0.104. The summed E-state index contributed by atoms with van der Waals surface area (Å²) in [5.74, 6) is 0.541. The third-order valence-electron chi connectivity index (χ3n) is 5.54. The second-order valence-corrected chi connectivity index (χ2v) is 8.67. The Labute approximate surface area is 185 Å².